The molecule has 1 N–H and O–H groups in total. The summed E-state index contributed by atoms with van der Waals surface area (Å²) in [6.45, 7) is 4.03. The minimum absolute atomic E-state index is 0.569. The van der Waals surface area contributed by atoms with Crippen molar-refractivity contribution in [3.8, 4) is 5.75 Å². The van der Waals surface area contributed by atoms with Gasteiger partial charge < -0.3 is 9.84 Å². The van der Waals surface area contributed by atoms with Gasteiger partial charge in [0.2, 0.25) is 0 Å². The lowest BCUT2D eigenvalue weighted by Gasteiger charge is -2.17. The number of aliphatic hydroxyl groups excluding tert-OH is 1. The highest BCUT2D eigenvalue weighted by Gasteiger charge is 2.18. The van der Waals surface area contributed by atoms with Gasteiger partial charge in [0.25, 0.3) is 0 Å². The van der Waals surface area contributed by atoms with Crippen molar-refractivity contribution in [3.05, 3.63) is 63.7 Å². The highest BCUT2D eigenvalue weighted by Crippen LogP contribution is 2.32. The van der Waals surface area contributed by atoms with Crippen LogP contribution in [0.25, 0.3) is 0 Å². The lowest BCUT2D eigenvalue weighted by Crippen LogP contribution is -2.04. The molecule has 0 saturated carbocycles. The summed E-state index contributed by atoms with van der Waals surface area (Å²) in [7, 11) is 1.68. The highest BCUT2D eigenvalue weighted by atomic mass is 16.5. The zero-order valence-corrected chi connectivity index (χ0v) is 12.9. The maximum Gasteiger partial charge on any atom is 0.122 e. The molecule has 0 aromatic heterocycles. The van der Waals surface area contributed by atoms with Crippen LogP contribution < -0.4 is 4.74 Å². The van der Waals surface area contributed by atoms with Crippen molar-refractivity contribution in [2.45, 2.75) is 39.2 Å². The first-order valence-electron chi connectivity index (χ1n) is 7.55. The Hall–Kier alpha value is -1.80. The Morgan fingerprint density at radius 1 is 1.00 bits per heavy atom. The molecule has 0 fully saturated rings. The Labute approximate surface area is 126 Å². The predicted molar refractivity (Wildman–Crippen MR) is 85.0 cm³/mol. The van der Waals surface area contributed by atoms with Crippen molar-refractivity contribution < 1.29 is 9.84 Å². The smallest absolute Gasteiger partial charge is 0.122 e. The van der Waals surface area contributed by atoms with Gasteiger partial charge in [-0.2, -0.15) is 0 Å². The Morgan fingerprint density at radius 3 is 2.52 bits per heavy atom. The normalized spacial score (nSPS) is 14.9. The molecule has 0 heterocycles. The fraction of sp³-hybridized carbons (Fsp3) is 0.368. The van der Waals surface area contributed by atoms with Crippen LogP contribution in [0.1, 0.15) is 45.9 Å². The quantitative estimate of drug-likeness (QED) is 0.925. The molecule has 1 unspecified atom stereocenters. The number of ether oxygens (including phenoxy) is 1. The molecule has 1 aliphatic rings. The monoisotopic (exact) mass is 282 g/mol. The van der Waals surface area contributed by atoms with Crippen molar-refractivity contribution in [1.29, 1.82) is 0 Å². The number of rotatable bonds is 3. The molecular formula is C19H22O2. The highest BCUT2D eigenvalue weighted by molar-refractivity contribution is 5.46. The van der Waals surface area contributed by atoms with Gasteiger partial charge in [0.15, 0.2) is 0 Å². The lowest BCUT2D eigenvalue weighted by molar-refractivity contribution is 0.219. The number of fused-ring (bicyclic) bond motifs is 1. The van der Waals surface area contributed by atoms with Crippen LogP contribution in [-0.4, -0.2) is 12.2 Å². The molecule has 0 amide bonds. The third kappa shape index (κ3) is 2.56. The van der Waals surface area contributed by atoms with Crippen LogP contribution in [0.2, 0.25) is 0 Å². The number of hydrogen-bond acceptors (Lipinski definition) is 2. The lowest BCUT2D eigenvalue weighted by atomic mass is 9.93. The topological polar surface area (TPSA) is 29.5 Å². The Morgan fingerprint density at radius 2 is 1.76 bits per heavy atom. The van der Waals surface area contributed by atoms with Crippen LogP contribution in [0.15, 0.2) is 30.3 Å². The average molecular weight is 282 g/mol. The first kappa shape index (κ1) is 14.2. The molecule has 0 bridgehead atoms. The molecule has 21 heavy (non-hydrogen) atoms. The van der Waals surface area contributed by atoms with E-state index in [-0.39, 0.29) is 0 Å². The minimum Gasteiger partial charge on any atom is -0.496 e. The van der Waals surface area contributed by atoms with Gasteiger partial charge in [-0.25, -0.2) is 0 Å². The van der Waals surface area contributed by atoms with Crippen LogP contribution in [-0.2, 0) is 12.8 Å². The van der Waals surface area contributed by atoms with Crippen molar-refractivity contribution in [2.75, 3.05) is 7.11 Å². The average Bonchev–Trinajstić information content (AvgIpc) is 2.95. The summed E-state index contributed by atoms with van der Waals surface area (Å²) in [5.74, 6) is 0.873. The van der Waals surface area contributed by atoms with E-state index >= 15 is 0 Å². The van der Waals surface area contributed by atoms with Gasteiger partial charge in [-0.1, -0.05) is 18.2 Å². The fourth-order valence-electron chi connectivity index (χ4n) is 3.27. The largest absolute Gasteiger partial charge is 0.496 e. The van der Waals surface area contributed by atoms with Gasteiger partial charge in [0.05, 0.1) is 7.11 Å². The summed E-state index contributed by atoms with van der Waals surface area (Å²) < 4.78 is 5.35. The molecule has 2 aromatic carbocycles. The van der Waals surface area contributed by atoms with Gasteiger partial charge in [-0.05, 0) is 78.6 Å². The molecule has 1 aliphatic carbocycles. The molecule has 1 atom stereocenters. The first-order valence-corrected chi connectivity index (χ1v) is 7.55. The van der Waals surface area contributed by atoms with Crippen molar-refractivity contribution in [2.24, 2.45) is 0 Å². The molecule has 2 heteroatoms. The first-order chi connectivity index (χ1) is 10.1. The van der Waals surface area contributed by atoms with E-state index in [2.05, 4.69) is 18.2 Å². The van der Waals surface area contributed by atoms with Crippen molar-refractivity contribution >= 4 is 0 Å². The Kier molecular flexibility index (Phi) is 3.73. The molecular weight excluding hydrogens is 260 g/mol. The Balaban J connectivity index is 1.98. The van der Waals surface area contributed by atoms with Crippen molar-refractivity contribution in [3.63, 3.8) is 0 Å². The third-order valence-corrected chi connectivity index (χ3v) is 4.52. The zero-order valence-electron chi connectivity index (χ0n) is 12.9. The van der Waals surface area contributed by atoms with Gasteiger partial charge >= 0.3 is 0 Å². The summed E-state index contributed by atoms with van der Waals surface area (Å²) in [5, 5.41) is 10.8. The van der Waals surface area contributed by atoms with Crippen LogP contribution in [0.5, 0.6) is 5.75 Å². The summed E-state index contributed by atoms with van der Waals surface area (Å²) in [5.41, 5.74) is 6.90. The second kappa shape index (κ2) is 5.53. The van der Waals surface area contributed by atoms with E-state index in [4.69, 9.17) is 4.74 Å². The number of aryl methyl sites for hydroxylation is 4. The molecule has 0 aliphatic heterocycles. The van der Waals surface area contributed by atoms with E-state index in [1.54, 1.807) is 7.11 Å². The molecule has 110 valence electrons. The summed E-state index contributed by atoms with van der Waals surface area (Å²) in [6.07, 6.45) is 2.97. The van der Waals surface area contributed by atoms with Crippen molar-refractivity contribution in [1.82, 2.24) is 0 Å². The van der Waals surface area contributed by atoms with E-state index in [1.807, 2.05) is 26.0 Å². The van der Waals surface area contributed by atoms with E-state index in [0.29, 0.717) is 0 Å². The number of benzene rings is 2. The van der Waals surface area contributed by atoms with Gasteiger partial charge in [-0.15, -0.1) is 0 Å². The predicted octanol–water partition coefficient (Wildman–Crippen LogP) is 3.88. The SMILES string of the molecule is COc1cc(C)c(C(O)c2ccc3c(c2)CCC3)cc1C. The van der Waals surface area contributed by atoms with E-state index in [9.17, 15) is 5.11 Å². The molecule has 0 radical (unpaired) electrons. The maximum absolute atomic E-state index is 10.8. The molecule has 3 rings (SSSR count). The maximum atomic E-state index is 10.8. The standard InChI is InChI=1S/C19H22O2/c1-12-10-18(21-3)13(2)9-17(12)19(20)16-8-7-14-5-4-6-15(14)11-16/h7-11,19-20H,4-6H2,1-3H3. The van der Waals surface area contributed by atoms with Crippen LogP contribution in [0.3, 0.4) is 0 Å². The summed E-state index contributed by atoms with van der Waals surface area (Å²) in [4.78, 5) is 0. The van der Waals surface area contributed by atoms with Crippen LogP contribution in [0.4, 0.5) is 0 Å². The molecule has 0 spiro atoms. The molecule has 0 saturated heterocycles. The van der Waals surface area contributed by atoms with Crippen LogP contribution >= 0.6 is 0 Å². The van der Waals surface area contributed by atoms with E-state index in [1.165, 1.54) is 24.0 Å². The van der Waals surface area contributed by atoms with E-state index < -0.39 is 6.10 Å². The number of hydrogen-bond donors (Lipinski definition) is 1. The minimum atomic E-state index is -0.569. The van der Waals surface area contributed by atoms with Gasteiger partial charge in [-0.3, -0.25) is 0 Å². The number of aliphatic hydroxyl groups is 1. The van der Waals surface area contributed by atoms with Crippen LogP contribution in [0, 0.1) is 13.8 Å². The number of methoxy groups -OCH3 is 1. The second-order valence-corrected chi connectivity index (χ2v) is 5.96. The fourth-order valence-corrected chi connectivity index (χ4v) is 3.27. The van der Waals surface area contributed by atoms with Gasteiger partial charge in [0.1, 0.15) is 11.9 Å². The third-order valence-electron chi connectivity index (χ3n) is 4.52. The zero-order chi connectivity index (χ0) is 15.0. The second-order valence-electron chi connectivity index (χ2n) is 5.96. The molecule has 2 aromatic rings. The van der Waals surface area contributed by atoms with E-state index in [0.717, 1.165) is 34.4 Å². The Bertz CT molecular complexity index is 674. The van der Waals surface area contributed by atoms with Gasteiger partial charge in [0, 0.05) is 0 Å². The summed E-state index contributed by atoms with van der Waals surface area (Å²) in [6, 6.07) is 10.4. The summed E-state index contributed by atoms with van der Waals surface area (Å²) >= 11 is 0. The molecule has 2 nitrogen and oxygen atoms in total.